The van der Waals surface area contributed by atoms with E-state index in [4.69, 9.17) is 14.2 Å². The Labute approximate surface area is 164 Å². The lowest BCUT2D eigenvalue weighted by atomic mass is 10.0. The van der Waals surface area contributed by atoms with Crippen LogP contribution in [0.1, 0.15) is 10.4 Å². The van der Waals surface area contributed by atoms with Gasteiger partial charge >= 0.3 is 0 Å². The zero-order chi connectivity index (χ0) is 18.5. The van der Waals surface area contributed by atoms with E-state index in [0.29, 0.717) is 37.6 Å². The molecule has 4 atom stereocenters. The second-order valence-electron chi connectivity index (χ2n) is 6.46. The normalized spacial score (nSPS) is 28.4. The number of benzene rings is 1. The van der Waals surface area contributed by atoms with Gasteiger partial charge in [0.1, 0.15) is 18.0 Å². The molecule has 1 amide bonds. The van der Waals surface area contributed by atoms with Gasteiger partial charge < -0.3 is 29.7 Å². The highest BCUT2D eigenvalue weighted by molar-refractivity contribution is 5.94. The molecular weight excluding hydrogens is 376 g/mol. The van der Waals surface area contributed by atoms with Gasteiger partial charge in [-0.2, -0.15) is 0 Å². The molecule has 0 radical (unpaired) electrons. The van der Waals surface area contributed by atoms with Crippen molar-refractivity contribution in [2.24, 2.45) is 0 Å². The van der Waals surface area contributed by atoms with Crippen LogP contribution in [0.2, 0.25) is 0 Å². The molecule has 2 aliphatic rings. The number of aliphatic hydroxyl groups excluding tert-OH is 2. The highest BCUT2D eigenvalue weighted by Crippen LogP contribution is 2.26. The summed E-state index contributed by atoms with van der Waals surface area (Å²) in [4.78, 5) is 14.5. The molecule has 0 spiro atoms. The van der Waals surface area contributed by atoms with Gasteiger partial charge in [-0.15, -0.1) is 12.4 Å². The summed E-state index contributed by atoms with van der Waals surface area (Å²) < 4.78 is 16.2. The lowest BCUT2D eigenvalue weighted by Gasteiger charge is -2.36. The minimum atomic E-state index is -0.805. The molecular formula is C18H27ClN2O6. The van der Waals surface area contributed by atoms with Gasteiger partial charge in [0, 0.05) is 25.2 Å². The van der Waals surface area contributed by atoms with Crippen LogP contribution in [-0.4, -0.2) is 91.9 Å². The summed E-state index contributed by atoms with van der Waals surface area (Å²) in [7, 11) is 1.57. The van der Waals surface area contributed by atoms with Gasteiger partial charge in [-0.25, -0.2) is 0 Å². The van der Waals surface area contributed by atoms with Gasteiger partial charge in [-0.3, -0.25) is 9.69 Å². The van der Waals surface area contributed by atoms with Crippen LogP contribution in [0.25, 0.3) is 0 Å². The first-order valence-corrected chi connectivity index (χ1v) is 8.82. The van der Waals surface area contributed by atoms with Gasteiger partial charge in [0.05, 0.1) is 39.1 Å². The van der Waals surface area contributed by atoms with Crippen molar-refractivity contribution in [3.63, 3.8) is 0 Å². The maximum Gasteiger partial charge on any atom is 0.251 e. The molecule has 0 aliphatic carbocycles. The molecule has 9 heteroatoms. The highest BCUT2D eigenvalue weighted by Gasteiger charge is 2.46. The SMILES string of the molecule is COc1ccc(C(=O)NC[C@H]2O[C@@H](CO)[C@@H](O)[C@H]2N2CCOCC2)cc1.Cl. The first-order chi connectivity index (χ1) is 12.6. The molecule has 1 aromatic rings. The lowest BCUT2D eigenvalue weighted by Crippen LogP contribution is -2.54. The van der Waals surface area contributed by atoms with Crippen LogP contribution in [0.5, 0.6) is 5.75 Å². The smallest absolute Gasteiger partial charge is 0.251 e. The largest absolute Gasteiger partial charge is 0.497 e. The quantitative estimate of drug-likeness (QED) is 0.599. The van der Waals surface area contributed by atoms with Gasteiger partial charge in [0.15, 0.2) is 0 Å². The molecule has 27 heavy (non-hydrogen) atoms. The number of methoxy groups -OCH3 is 1. The zero-order valence-corrected chi connectivity index (χ0v) is 16.1. The Hall–Kier alpha value is -1.42. The van der Waals surface area contributed by atoms with Crippen molar-refractivity contribution in [2.75, 3.05) is 46.6 Å². The average molecular weight is 403 g/mol. The summed E-state index contributed by atoms with van der Waals surface area (Å²) in [5.41, 5.74) is 0.519. The molecule has 2 saturated heterocycles. The third-order valence-corrected chi connectivity index (χ3v) is 4.92. The fraction of sp³-hybridized carbons (Fsp3) is 0.611. The van der Waals surface area contributed by atoms with Crippen molar-refractivity contribution >= 4 is 18.3 Å². The number of hydrogen-bond acceptors (Lipinski definition) is 7. The Bertz CT molecular complexity index is 596. The Morgan fingerprint density at radius 2 is 1.93 bits per heavy atom. The summed E-state index contributed by atoms with van der Waals surface area (Å²) in [6.45, 7) is 2.56. The molecule has 2 heterocycles. The van der Waals surface area contributed by atoms with Gasteiger partial charge in [0.2, 0.25) is 0 Å². The van der Waals surface area contributed by atoms with Crippen LogP contribution < -0.4 is 10.1 Å². The number of amides is 1. The number of nitrogens with zero attached hydrogens (tertiary/aromatic N) is 1. The number of ether oxygens (including phenoxy) is 3. The number of hydrogen-bond donors (Lipinski definition) is 3. The molecule has 3 N–H and O–H groups in total. The molecule has 0 aromatic heterocycles. The molecule has 152 valence electrons. The van der Waals surface area contributed by atoms with Crippen molar-refractivity contribution in [3.05, 3.63) is 29.8 Å². The Balaban J connectivity index is 0.00000261. The molecule has 3 rings (SSSR count). The molecule has 1 aromatic carbocycles. The van der Waals surface area contributed by atoms with E-state index in [1.807, 2.05) is 0 Å². The van der Waals surface area contributed by atoms with E-state index in [1.165, 1.54) is 0 Å². The number of carbonyl (C=O) groups is 1. The molecule has 8 nitrogen and oxygen atoms in total. The minimum Gasteiger partial charge on any atom is -0.497 e. The number of nitrogens with one attached hydrogen (secondary N) is 1. The number of halogens is 1. The van der Waals surface area contributed by atoms with Crippen molar-refractivity contribution in [1.82, 2.24) is 10.2 Å². The van der Waals surface area contributed by atoms with E-state index in [0.717, 1.165) is 0 Å². The lowest BCUT2D eigenvalue weighted by molar-refractivity contribution is -0.0220. The molecule has 0 unspecified atom stereocenters. The third-order valence-electron chi connectivity index (χ3n) is 4.92. The van der Waals surface area contributed by atoms with Crippen LogP contribution in [-0.2, 0) is 9.47 Å². The standard InChI is InChI=1S/C18H26N2O6.ClH/c1-24-13-4-2-12(3-5-13)18(23)19-10-14-16(17(22)15(11-21)26-14)20-6-8-25-9-7-20;/h2-5,14-17,21-22H,6-11H2,1H3,(H,19,23);1H/t14-,15+,16+,17-;/m1./s1. The molecule has 0 saturated carbocycles. The number of rotatable bonds is 6. The van der Waals surface area contributed by atoms with Crippen LogP contribution in [0.4, 0.5) is 0 Å². The summed E-state index contributed by atoms with van der Waals surface area (Å²) in [6.07, 6.45) is -1.85. The summed E-state index contributed by atoms with van der Waals surface area (Å²) in [5.74, 6) is 0.459. The van der Waals surface area contributed by atoms with E-state index in [2.05, 4.69) is 10.2 Å². The first-order valence-electron chi connectivity index (χ1n) is 8.82. The van der Waals surface area contributed by atoms with Gasteiger partial charge in [-0.05, 0) is 24.3 Å². The number of carbonyl (C=O) groups excluding carboxylic acids is 1. The zero-order valence-electron chi connectivity index (χ0n) is 15.2. The third kappa shape index (κ3) is 5.10. The monoisotopic (exact) mass is 402 g/mol. The highest BCUT2D eigenvalue weighted by atomic mass is 35.5. The summed E-state index contributed by atoms with van der Waals surface area (Å²) in [6, 6.07) is 6.54. The van der Waals surface area contributed by atoms with Crippen molar-refractivity contribution in [3.8, 4) is 5.75 Å². The van der Waals surface area contributed by atoms with E-state index in [9.17, 15) is 15.0 Å². The Kier molecular flexibility index (Phi) is 8.28. The van der Waals surface area contributed by atoms with Gasteiger partial charge in [0.25, 0.3) is 5.91 Å². The van der Waals surface area contributed by atoms with Crippen LogP contribution in [0, 0.1) is 0 Å². The van der Waals surface area contributed by atoms with Crippen molar-refractivity contribution < 1.29 is 29.2 Å². The predicted octanol–water partition coefficient (Wildman–Crippen LogP) is -0.332. The van der Waals surface area contributed by atoms with Crippen molar-refractivity contribution in [2.45, 2.75) is 24.4 Å². The maximum absolute atomic E-state index is 12.4. The van der Waals surface area contributed by atoms with E-state index in [-0.39, 0.29) is 37.5 Å². The fourth-order valence-electron chi connectivity index (χ4n) is 3.51. The van der Waals surface area contributed by atoms with E-state index >= 15 is 0 Å². The van der Waals surface area contributed by atoms with E-state index < -0.39 is 18.3 Å². The fourth-order valence-corrected chi connectivity index (χ4v) is 3.51. The number of morpholine rings is 1. The summed E-state index contributed by atoms with van der Waals surface area (Å²) >= 11 is 0. The molecule has 0 bridgehead atoms. The molecule has 2 fully saturated rings. The van der Waals surface area contributed by atoms with Crippen molar-refractivity contribution in [1.29, 1.82) is 0 Å². The van der Waals surface area contributed by atoms with Crippen LogP contribution >= 0.6 is 12.4 Å². The second kappa shape index (κ2) is 10.2. The predicted molar refractivity (Wildman–Crippen MR) is 101 cm³/mol. The minimum absolute atomic E-state index is 0. The molecule has 2 aliphatic heterocycles. The Morgan fingerprint density at radius 3 is 2.52 bits per heavy atom. The van der Waals surface area contributed by atoms with E-state index in [1.54, 1.807) is 31.4 Å². The van der Waals surface area contributed by atoms with Crippen LogP contribution in [0.3, 0.4) is 0 Å². The first kappa shape index (κ1) is 21.9. The second-order valence-corrected chi connectivity index (χ2v) is 6.46. The Morgan fingerprint density at radius 1 is 1.26 bits per heavy atom. The topological polar surface area (TPSA) is 100 Å². The number of aliphatic hydroxyl groups is 2. The maximum atomic E-state index is 12.4. The van der Waals surface area contributed by atoms with Gasteiger partial charge in [-0.1, -0.05) is 0 Å². The summed E-state index contributed by atoms with van der Waals surface area (Å²) in [5, 5.41) is 22.8. The average Bonchev–Trinajstić information content (AvgIpc) is 3.02. The van der Waals surface area contributed by atoms with Crippen LogP contribution in [0.15, 0.2) is 24.3 Å².